The molecule has 22 heavy (non-hydrogen) atoms. The molecule has 0 amide bonds. The summed E-state index contributed by atoms with van der Waals surface area (Å²) >= 11 is 0. The van der Waals surface area contributed by atoms with Crippen molar-refractivity contribution in [2.75, 3.05) is 0 Å². The summed E-state index contributed by atoms with van der Waals surface area (Å²) in [7, 11) is -1.71. The van der Waals surface area contributed by atoms with Crippen LogP contribution >= 0.6 is 0 Å². The van der Waals surface area contributed by atoms with E-state index < -0.39 is 8.24 Å². The van der Waals surface area contributed by atoms with Crippen molar-refractivity contribution >= 4 is 14.3 Å². The Morgan fingerprint density at radius 1 is 1.00 bits per heavy atom. The number of rotatable bonds is 2. The molecule has 0 fully saturated rings. The molecule has 1 N–H and O–H groups in total. The van der Waals surface area contributed by atoms with Gasteiger partial charge >= 0.3 is 0 Å². The molecule has 0 bridgehead atoms. The van der Waals surface area contributed by atoms with E-state index in [1.54, 1.807) is 5.20 Å². The summed E-state index contributed by atoms with van der Waals surface area (Å²) in [6, 6.07) is 8.70. The Morgan fingerprint density at radius 2 is 1.68 bits per heavy atom. The van der Waals surface area contributed by atoms with Gasteiger partial charge in [0.25, 0.3) is 0 Å². The molecule has 0 aromatic heterocycles. The van der Waals surface area contributed by atoms with Crippen molar-refractivity contribution in [2.45, 2.75) is 46.3 Å². The van der Waals surface area contributed by atoms with Gasteiger partial charge in [-0.25, -0.2) is 0 Å². The Bertz CT molecular complexity index is 699. The molecule has 0 spiro atoms. The summed E-state index contributed by atoms with van der Waals surface area (Å²) in [5.41, 5.74) is 5.71. The minimum absolute atomic E-state index is 0.141. The lowest BCUT2D eigenvalue weighted by Crippen LogP contribution is -2.56. The average Bonchev–Trinajstić information content (AvgIpc) is 2.73. The lowest BCUT2D eigenvalue weighted by molar-refractivity contribution is 0.514. The molecule has 2 aliphatic rings. The second-order valence-electron chi connectivity index (χ2n) is 7.95. The Labute approximate surface area is 135 Å². The van der Waals surface area contributed by atoms with E-state index in [4.69, 9.17) is 0 Å². The Hall–Kier alpha value is -1.38. The van der Waals surface area contributed by atoms with Crippen molar-refractivity contribution in [3.63, 3.8) is 0 Å². The highest BCUT2D eigenvalue weighted by atomic mass is 28.3. The number of hydrogen-bond acceptors (Lipinski definition) is 1. The van der Waals surface area contributed by atoms with E-state index in [0.717, 1.165) is 0 Å². The molecule has 1 aromatic rings. The largest absolute Gasteiger partial charge is 0.329 e. The molecule has 2 aliphatic carbocycles. The second-order valence-corrected chi connectivity index (χ2v) is 12.0. The van der Waals surface area contributed by atoms with Crippen LogP contribution in [0.3, 0.4) is 0 Å². The fourth-order valence-corrected chi connectivity index (χ4v) is 7.95. The third-order valence-corrected chi connectivity index (χ3v) is 7.60. The molecule has 0 saturated carbocycles. The molecule has 0 aliphatic heterocycles. The molecule has 0 saturated heterocycles. The molecule has 2 heteroatoms. The first kappa shape index (κ1) is 15.5. The minimum atomic E-state index is -1.71. The van der Waals surface area contributed by atoms with Crippen molar-refractivity contribution in [3.8, 4) is 0 Å². The van der Waals surface area contributed by atoms with E-state index in [0.29, 0.717) is 0 Å². The molecule has 1 nitrogen and oxygen atoms in total. The van der Waals surface area contributed by atoms with Crippen LogP contribution in [0, 0.1) is 5.92 Å². The average molecular weight is 309 g/mol. The van der Waals surface area contributed by atoms with Gasteiger partial charge in [0, 0.05) is 5.54 Å². The van der Waals surface area contributed by atoms with Crippen LogP contribution in [0.25, 0.3) is 6.08 Å². The highest BCUT2D eigenvalue weighted by molar-refractivity contribution is 6.83. The van der Waals surface area contributed by atoms with Crippen LogP contribution in [0.1, 0.15) is 38.8 Å². The maximum atomic E-state index is 3.92. The number of benzene rings is 1. The van der Waals surface area contributed by atoms with Gasteiger partial charge in [-0.3, -0.25) is 0 Å². The minimum Gasteiger partial charge on any atom is -0.329 e. The molecule has 0 unspecified atom stereocenters. The lowest BCUT2D eigenvalue weighted by Gasteiger charge is -2.36. The molecule has 1 radical (unpaired) electrons. The van der Waals surface area contributed by atoms with Crippen LogP contribution in [0.4, 0.5) is 0 Å². The first-order chi connectivity index (χ1) is 10.2. The predicted octanol–water partition coefficient (Wildman–Crippen LogP) is 5.02. The summed E-state index contributed by atoms with van der Waals surface area (Å²) in [5.74, 6) is 1.40. The van der Waals surface area contributed by atoms with E-state index in [1.165, 1.54) is 28.2 Å². The smallest absolute Gasteiger partial charge is 0.152 e. The van der Waals surface area contributed by atoms with Crippen LogP contribution < -0.4 is 4.98 Å². The number of allylic oxidation sites excluding steroid dienone is 5. The molecule has 1 aromatic carbocycles. The zero-order valence-corrected chi connectivity index (χ0v) is 15.5. The Balaban J connectivity index is 2.09. The normalized spacial score (nSPS) is 18.4. The predicted molar refractivity (Wildman–Crippen MR) is 99.0 cm³/mol. The van der Waals surface area contributed by atoms with E-state index in [-0.39, 0.29) is 5.54 Å². The summed E-state index contributed by atoms with van der Waals surface area (Å²) in [6.07, 6.45) is 6.97. The quantitative estimate of drug-likeness (QED) is 0.756. The van der Waals surface area contributed by atoms with Crippen LogP contribution in [0.2, 0.25) is 13.1 Å². The lowest BCUT2D eigenvalue weighted by atomic mass is 9.85. The van der Waals surface area contributed by atoms with E-state index in [2.05, 4.69) is 88.3 Å². The van der Waals surface area contributed by atoms with Gasteiger partial charge in [-0.05, 0) is 49.6 Å². The van der Waals surface area contributed by atoms with Gasteiger partial charge in [0.05, 0.1) is 5.92 Å². The van der Waals surface area contributed by atoms with Crippen LogP contribution in [0.5, 0.6) is 0 Å². The summed E-state index contributed by atoms with van der Waals surface area (Å²) in [6.45, 7) is 13.9. The van der Waals surface area contributed by atoms with Crippen molar-refractivity contribution in [2.24, 2.45) is 0 Å². The second kappa shape index (κ2) is 5.07. The van der Waals surface area contributed by atoms with Crippen LogP contribution in [-0.2, 0) is 0 Å². The standard InChI is InChI=1S/C20H26NSi/c1-14-13-18-16-10-8-7-9-15(16)11-12-17(18)19(14)22(5,6)21-20(2,3)4/h7-13,21H,1-6H3. The fourth-order valence-electron chi connectivity index (χ4n) is 4.00. The topological polar surface area (TPSA) is 12.0 Å². The molecule has 115 valence electrons. The monoisotopic (exact) mass is 308 g/mol. The Kier molecular flexibility index (Phi) is 3.57. The zero-order chi connectivity index (χ0) is 16.1. The van der Waals surface area contributed by atoms with Gasteiger partial charge in [0.2, 0.25) is 0 Å². The number of nitrogens with one attached hydrogen (secondary N) is 1. The van der Waals surface area contributed by atoms with Gasteiger partial charge in [0.1, 0.15) is 0 Å². The van der Waals surface area contributed by atoms with Crippen LogP contribution in [0.15, 0.2) is 52.8 Å². The highest BCUT2D eigenvalue weighted by Gasteiger charge is 2.39. The molecular formula is C20H26NSi. The van der Waals surface area contributed by atoms with Crippen molar-refractivity contribution in [3.05, 3.63) is 69.8 Å². The fraction of sp³-hybridized carbons (Fsp3) is 0.350. The summed E-state index contributed by atoms with van der Waals surface area (Å²) in [5, 5.41) is 1.56. The molecule has 0 atom stereocenters. The third kappa shape index (κ3) is 2.66. The highest BCUT2D eigenvalue weighted by Crippen LogP contribution is 2.45. The van der Waals surface area contributed by atoms with Crippen LogP contribution in [-0.4, -0.2) is 13.8 Å². The SMILES string of the molecule is CC1=C[C]2C(=C1[Si](C)(C)NC(C)(C)C)C=Cc1ccccc12. The van der Waals surface area contributed by atoms with Gasteiger partial charge in [-0.15, -0.1) is 0 Å². The maximum Gasteiger partial charge on any atom is 0.152 e. The van der Waals surface area contributed by atoms with Gasteiger partial charge < -0.3 is 4.98 Å². The van der Waals surface area contributed by atoms with Gasteiger partial charge in [-0.2, -0.15) is 0 Å². The number of fused-ring (bicyclic) bond motifs is 3. The summed E-state index contributed by atoms with van der Waals surface area (Å²) in [4.78, 5) is 3.92. The summed E-state index contributed by atoms with van der Waals surface area (Å²) < 4.78 is 0. The van der Waals surface area contributed by atoms with Gasteiger partial charge in [0.15, 0.2) is 8.24 Å². The van der Waals surface area contributed by atoms with Crippen molar-refractivity contribution < 1.29 is 0 Å². The first-order valence-electron chi connectivity index (χ1n) is 8.07. The van der Waals surface area contributed by atoms with E-state index in [1.807, 2.05) is 0 Å². The zero-order valence-electron chi connectivity index (χ0n) is 14.5. The molecular weight excluding hydrogens is 282 g/mol. The van der Waals surface area contributed by atoms with Gasteiger partial charge in [-0.1, -0.05) is 61.2 Å². The van der Waals surface area contributed by atoms with Crippen molar-refractivity contribution in [1.29, 1.82) is 0 Å². The number of hydrogen-bond donors (Lipinski definition) is 1. The van der Waals surface area contributed by atoms with E-state index >= 15 is 0 Å². The molecule has 0 heterocycles. The maximum absolute atomic E-state index is 3.92. The third-order valence-electron chi connectivity index (χ3n) is 4.31. The Morgan fingerprint density at radius 3 is 2.36 bits per heavy atom. The first-order valence-corrected chi connectivity index (χ1v) is 11.1. The van der Waals surface area contributed by atoms with Crippen molar-refractivity contribution in [1.82, 2.24) is 4.98 Å². The van der Waals surface area contributed by atoms with E-state index in [9.17, 15) is 0 Å². The molecule has 3 rings (SSSR count).